The van der Waals surface area contributed by atoms with Crippen LogP contribution in [0.1, 0.15) is 12.0 Å². The van der Waals surface area contributed by atoms with Crippen molar-refractivity contribution in [3.63, 3.8) is 0 Å². The number of benzene rings is 1. The third kappa shape index (κ3) is 2.78. The molecule has 3 rings (SSSR count). The highest BCUT2D eigenvalue weighted by Crippen LogP contribution is 2.24. The number of hydrogen-bond acceptors (Lipinski definition) is 5. The SMILES string of the molecule is COc1ccccc1C1=NOC(C(=O)Nc2ccn(C)n2)C1. The van der Waals surface area contributed by atoms with Gasteiger partial charge in [0.2, 0.25) is 6.10 Å². The summed E-state index contributed by atoms with van der Waals surface area (Å²) in [5.41, 5.74) is 1.52. The van der Waals surface area contributed by atoms with E-state index in [1.807, 2.05) is 24.3 Å². The molecule has 0 bridgehead atoms. The highest BCUT2D eigenvalue weighted by Gasteiger charge is 2.30. The summed E-state index contributed by atoms with van der Waals surface area (Å²) in [5, 5.41) is 10.8. The molecule has 2 heterocycles. The molecule has 22 heavy (non-hydrogen) atoms. The molecule has 1 amide bonds. The number of carbonyl (C=O) groups is 1. The van der Waals surface area contributed by atoms with Crippen molar-refractivity contribution >= 4 is 17.4 Å². The molecule has 1 unspecified atom stereocenters. The molecular formula is C15H16N4O3. The molecule has 1 atom stereocenters. The molecule has 114 valence electrons. The third-order valence-electron chi connectivity index (χ3n) is 3.34. The number of nitrogens with one attached hydrogen (secondary N) is 1. The Morgan fingerprint density at radius 1 is 1.41 bits per heavy atom. The fourth-order valence-corrected chi connectivity index (χ4v) is 2.25. The van der Waals surface area contributed by atoms with Gasteiger partial charge in [0.15, 0.2) is 5.82 Å². The Hall–Kier alpha value is -2.83. The number of methoxy groups -OCH3 is 1. The minimum absolute atomic E-state index is 0.271. The minimum Gasteiger partial charge on any atom is -0.496 e. The van der Waals surface area contributed by atoms with E-state index in [0.29, 0.717) is 23.7 Å². The second kappa shape index (κ2) is 5.88. The van der Waals surface area contributed by atoms with Gasteiger partial charge in [-0.25, -0.2) is 0 Å². The molecule has 0 saturated carbocycles. The molecule has 7 heteroatoms. The third-order valence-corrected chi connectivity index (χ3v) is 3.34. The van der Waals surface area contributed by atoms with E-state index >= 15 is 0 Å². The fraction of sp³-hybridized carbons (Fsp3) is 0.267. The Labute approximate surface area is 127 Å². The van der Waals surface area contributed by atoms with Crippen LogP contribution in [-0.4, -0.2) is 34.6 Å². The average Bonchev–Trinajstić information content (AvgIpc) is 3.16. The molecular weight excluding hydrogens is 284 g/mol. The van der Waals surface area contributed by atoms with Gasteiger partial charge in [0.05, 0.1) is 12.8 Å². The Morgan fingerprint density at radius 3 is 2.95 bits per heavy atom. The topological polar surface area (TPSA) is 77.7 Å². The zero-order valence-electron chi connectivity index (χ0n) is 12.3. The van der Waals surface area contributed by atoms with Gasteiger partial charge in [-0.05, 0) is 12.1 Å². The monoisotopic (exact) mass is 300 g/mol. The molecule has 0 spiro atoms. The molecule has 1 aromatic heterocycles. The fourth-order valence-electron chi connectivity index (χ4n) is 2.25. The predicted molar refractivity (Wildman–Crippen MR) is 80.9 cm³/mol. The van der Waals surface area contributed by atoms with E-state index in [4.69, 9.17) is 9.57 Å². The van der Waals surface area contributed by atoms with E-state index in [1.165, 1.54) is 0 Å². The summed E-state index contributed by atoms with van der Waals surface area (Å²) in [5.74, 6) is 0.921. The molecule has 1 aromatic carbocycles. The molecule has 1 N–H and O–H groups in total. The van der Waals surface area contributed by atoms with Crippen molar-refractivity contribution < 1.29 is 14.4 Å². The van der Waals surface area contributed by atoms with Crippen molar-refractivity contribution in [2.75, 3.05) is 12.4 Å². The van der Waals surface area contributed by atoms with E-state index in [2.05, 4.69) is 15.6 Å². The van der Waals surface area contributed by atoms with Gasteiger partial charge in [-0.1, -0.05) is 17.3 Å². The quantitative estimate of drug-likeness (QED) is 0.929. The lowest BCUT2D eigenvalue weighted by Crippen LogP contribution is -2.28. The van der Waals surface area contributed by atoms with Crippen LogP contribution in [0, 0.1) is 0 Å². The van der Waals surface area contributed by atoms with Gasteiger partial charge < -0.3 is 14.9 Å². The lowest BCUT2D eigenvalue weighted by Gasteiger charge is -2.08. The number of aromatic nitrogens is 2. The molecule has 7 nitrogen and oxygen atoms in total. The maximum atomic E-state index is 12.2. The highest BCUT2D eigenvalue weighted by atomic mass is 16.6. The Bertz CT molecular complexity index is 723. The van der Waals surface area contributed by atoms with Gasteiger partial charge >= 0.3 is 0 Å². The molecule has 0 saturated heterocycles. The Balaban J connectivity index is 1.67. The van der Waals surface area contributed by atoms with E-state index in [1.54, 1.807) is 31.1 Å². The lowest BCUT2D eigenvalue weighted by molar-refractivity contribution is -0.125. The first-order valence-electron chi connectivity index (χ1n) is 6.84. The van der Waals surface area contributed by atoms with Gasteiger partial charge in [-0.15, -0.1) is 0 Å². The van der Waals surface area contributed by atoms with Gasteiger partial charge in [-0.2, -0.15) is 5.10 Å². The molecule has 1 aliphatic heterocycles. The first kappa shape index (κ1) is 14.1. The lowest BCUT2D eigenvalue weighted by atomic mass is 10.0. The van der Waals surface area contributed by atoms with Crippen molar-refractivity contribution in [1.29, 1.82) is 0 Å². The van der Waals surface area contributed by atoms with E-state index < -0.39 is 6.10 Å². The maximum Gasteiger partial charge on any atom is 0.269 e. The van der Waals surface area contributed by atoms with Crippen LogP contribution in [0.2, 0.25) is 0 Å². The van der Waals surface area contributed by atoms with Crippen LogP contribution in [-0.2, 0) is 16.7 Å². The van der Waals surface area contributed by atoms with E-state index in [-0.39, 0.29) is 5.91 Å². The number of carbonyl (C=O) groups excluding carboxylic acids is 1. The van der Waals surface area contributed by atoms with Gasteiger partial charge in [0, 0.05) is 31.3 Å². The standard InChI is InChI=1S/C15H16N4O3/c1-19-8-7-14(17-19)16-15(20)13-9-11(18-22-13)10-5-3-4-6-12(10)21-2/h3-8,13H,9H2,1-2H3,(H,16,17,20). The summed E-state index contributed by atoms with van der Waals surface area (Å²) in [7, 11) is 3.38. The number of nitrogens with zero attached hydrogens (tertiary/aromatic N) is 3. The molecule has 0 fully saturated rings. The highest BCUT2D eigenvalue weighted by molar-refractivity contribution is 6.07. The molecule has 0 radical (unpaired) electrons. The largest absolute Gasteiger partial charge is 0.496 e. The van der Waals surface area contributed by atoms with Crippen LogP contribution in [0.5, 0.6) is 5.75 Å². The summed E-state index contributed by atoms with van der Waals surface area (Å²) in [6.45, 7) is 0. The van der Waals surface area contributed by atoms with Crippen LogP contribution < -0.4 is 10.1 Å². The molecule has 0 aliphatic carbocycles. The van der Waals surface area contributed by atoms with Gasteiger partial charge in [-0.3, -0.25) is 9.48 Å². The van der Waals surface area contributed by atoms with Crippen molar-refractivity contribution in [3.05, 3.63) is 42.1 Å². The number of para-hydroxylation sites is 1. The van der Waals surface area contributed by atoms with Crippen LogP contribution in [0.4, 0.5) is 5.82 Å². The van der Waals surface area contributed by atoms with Crippen LogP contribution in [0.3, 0.4) is 0 Å². The van der Waals surface area contributed by atoms with Crippen LogP contribution in [0.15, 0.2) is 41.7 Å². The number of rotatable bonds is 4. The summed E-state index contributed by atoms with van der Waals surface area (Å²) in [6.07, 6.45) is 1.47. The summed E-state index contributed by atoms with van der Waals surface area (Å²) >= 11 is 0. The van der Waals surface area contributed by atoms with E-state index in [9.17, 15) is 4.79 Å². The van der Waals surface area contributed by atoms with Crippen LogP contribution >= 0.6 is 0 Å². The van der Waals surface area contributed by atoms with E-state index in [0.717, 1.165) is 5.56 Å². The second-order valence-corrected chi connectivity index (χ2v) is 4.90. The first-order chi connectivity index (χ1) is 10.7. The normalized spacial score (nSPS) is 16.8. The number of anilines is 1. The number of hydrogen-bond donors (Lipinski definition) is 1. The summed E-state index contributed by atoms with van der Waals surface area (Å²) in [6, 6.07) is 9.22. The predicted octanol–water partition coefficient (Wildman–Crippen LogP) is 1.56. The smallest absolute Gasteiger partial charge is 0.269 e. The molecule has 1 aliphatic rings. The van der Waals surface area contributed by atoms with Crippen LogP contribution in [0.25, 0.3) is 0 Å². The van der Waals surface area contributed by atoms with Crippen molar-refractivity contribution in [2.45, 2.75) is 12.5 Å². The maximum absolute atomic E-state index is 12.2. The second-order valence-electron chi connectivity index (χ2n) is 4.90. The van der Waals surface area contributed by atoms with Gasteiger partial charge in [0.1, 0.15) is 5.75 Å². The number of aryl methyl sites for hydroxylation is 1. The zero-order chi connectivity index (χ0) is 15.5. The number of amides is 1. The van der Waals surface area contributed by atoms with Gasteiger partial charge in [0.25, 0.3) is 5.91 Å². The summed E-state index contributed by atoms with van der Waals surface area (Å²) < 4.78 is 6.92. The first-order valence-corrected chi connectivity index (χ1v) is 6.84. The Morgan fingerprint density at radius 2 is 2.23 bits per heavy atom. The number of ether oxygens (including phenoxy) is 1. The Kier molecular flexibility index (Phi) is 3.78. The summed E-state index contributed by atoms with van der Waals surface area (Å²) in [4.78, 5) is 17.4. The van der Waals surface area contributed by atoms with Crippen molar-refractivity contribution in [3.8, 4) is 5.75 Å². The minimum atomic E-state index is -0.665. The van der Waals surface area contributed by atoms with Crippen molar-refractivity contribution in [1.82, 2.24) is 9.78 Å². The number of oxime groups is 1. The zero-order valence-corrected chi connectivity index (χ0v) is 12.3. The van der Waals surface area contributed by atoms with Crippen molar-refractivity contribution in [2.24, 2.45) is 12.2 Å². The average molecular weight is 300 g/mol. The molecule has 2 aromatic rings.